The van der Waals surface area contributed by atoms with Gasteiger partial charge in [0.25, 0.3) is 0 Å². The first-order valence-electron chi connectivity index (χ1n) is 3.78. The van der Waals surface area contributed by atoms with Gasteiger partial charge in [-0.1, -0.05) is 0 Å². The molecule has 0 N–H and O–H groups in total. The van der Waals surface area contributed by atoms with Gasteiger partial charge in [0.1, 0.15) is 6.07 Å². The van der Waals surface area contributed by atoms with E-state index in [1.165, 1.54) is 0 Å². The van der Waals surface area contributed by atoms with Crippen molar-refractivity contribution in [2.45, 2.75) is 13.0 Å². The Labute approximate surface area is 71.4 Å². The van der Waals surface area contributed by atoms with Crippen molar-refractivity contribution in [1.82, 2.24) is 9.55 Å². The van der Waals surface area contributed by atoms with Crippen LogP contribution in [0.5, 0.6) is 0 Å². The number of hydrogen-bond acceptors (Lipinski definition) is 3. The molecule has 0 aliphatic heterocycles. The van der Waals surface area contributed by atoms with Crippen LogP contribution in [-0.2, 0) is 11.3 Å². The van der Waals surface area contributed by atoms with Gasteiger partial charge in [0.15, 0.2) is 0 Å². The number of imidazole rings is 1. The van der Waals surface area contributed by atoms with Gasteiger partial charge in [-0.05, 0) is 6.42 Å². The summed E-state index contributed by atoms with van der Waals surface area (Å²) in [5.41, 5.74) is 0. The van der Waals surface area contributed by atoms with Crippen molar-refractivity contribution < 1.29 is 4.74 Å². The third-order valence-corrected chi connectivity index (χ3v) is 1.56. The number of hydrogen-bond donors (Lipinski definition) is 0. The summed E-state index contributed by atoms with van der Waals surface area (Å²) < 4.78 is 6.72. The Balaban J connectivity index is 2.46. The SMILES string of the molecule is COCCCn1ccnc1C#N. The summed E-state index contributed by atoms with van der Waals surface area (Å²) in [7, 11) is 1.67. The Morgan fingerprint density at radius 3 is 3.25 bits per heavy atom. The fraction of sp³-hybridized carbons (Fsp3) is 0.500. The molecule has 0 bridgehead atoms. The lowest BCUT2D eigenvalue weighted by molar-refractivity contribution is 0.190. The summed E-state index contributed by atoms with van der Waals surface area (Å²) in [6.45, 7) is 1.50. The molecule has 1 rings (SSSR count). The highest BCUT2D eigenvalue weighted by molar-refractivity contribution is 5.10. The van der Waals surface area contributed by atoms with E-state index >= 15 is 0 Å². The fourth-order valence-corrected chi connectivity index (χ4v) is 0.982. The van der Waals surface area contributed by atoms with Crippen LogP contribution in [0.15, 0.2) is 12.4 Å². The van der Waals surface area contributed by atoms with E-state index in [1.807, 2.05) is 10.6 Å². The van der Waals surface area contributed by atoms with Crippen LogP contribution in [0.25, 0.3) is 0 Å². The number of nitrogens with zero attached hydrogens (tertiary/aromatic N) is 3. The van der Waals surface area contributed by atoms with E-state index in [4.69, 9.17) is 10.00 Å². The summed E-state index contributed by atoms with van der Waals surface area (Å²) in [4.78, 5) is 3.87. The quantitative estimate of drug-likeness (QED) is 0.620. The van der Waals surface area contributed by atoms with Gasteiger partial charge in [-0.15, -0.1) is 0 Å². The minimum Gasteiger partial charge on any atom is -0.385 e. The predicted octanol–water partition coefficient (Wildman–Crippen LogP) is 0.791. The predicted molar refractivity (Wildman–Crippen MR) is 43.4 cm³/mol. The van der Waals surface area contributed by atoms with E-state index in [0.29, 0.717) is 12.4 Å². The molecule has 1 heterocycles. The van der Waals surface area contributed by atoms with Crippen molar-refractivity contribution >= 4 is 0 Å². The number of aromatic nitrogens is 2. The molecule has 12 heavy (non-hydrogen) atoms. The molecule has 0 saturated heterocycles. The average Bonchev–Trinajstić information content (AvgIpc) is 2.52. The molecule has 0 atom stereocenters. The lowest BCUT2D eigenvalue weighted by Gasteiger charge is -2.01. The maximum Gasteiger partial charge on any atom is 0.212 e. The van der Waals surface area contributed by atoms with Crippen LogP contribution in [0.3, 0.4) is 0 Å². The monoisotopic (exact) mass is 165 g/mol. The fourth-order valence-electron chi connectivity index (χ4n) is 0.982. The van der Waals surface area contributed by atoms with Crippen LogP contribution < -0.4 is 0 Å². The van der Waals surface area contributed by atoms with Gasteiger partial charge in [-0.2, -0.15) is 5.26 Å². The topological polar surface area (TPSA) is 50.8 Å². The summed E-state index contributed by atoms with van der Waals surface area (Å²) in [5.74, 6) is 0.464. The second-order valence-corrected chi connectivity index (χ2v) is 2.40. The standard InChI is InChI=1S/C8H11N3O/c1-12-6-2-4-11-5-3-10-8(11)7-9/h3,5H,2,4,6H2,1H3. The van der Waals surface area contributed by atoms with Crippen LogP contribution >= 0.6 is 0 Å². The molecular weight excluding hydrogens is 154 g/mol. The molecular formula is C8H11N3O. The average molecular weight is 165 g/mol. The molecule has 0 unspecified atom stereocenters. The highest BCUT2D eigenvalue weighted by Gasteiger charge is 1.98. The van der Waals surface area contributed by atoms with E-state index in [-0.39, 0.29) is 0 Å². The van der Waals surface area contributed by atoms with Crippen LogP contribution in [0.4, 0.5) is 0 Å². The molecule has 0 radical (unpaired) electrons. The first-order valence-corrected chi connectivity index (χ1v) is 3.78. The van der Waals surface area contributed by atoms with Gasteiger partial charge < -0.3 is 9.30 Å². The maximum absolute atomic E-state index is 8.60. The minimum atomic E-state index is 0.464. The first kappa shape index (κ1) is 8.75. The van der Waals surface area contributed by atoms with Crippen LogP contribution in [0.1, 0.15) is 12.2 Å². The Hall–Kier alpha value is -1.34. The zero-order valence-electron chi connectivity index (χ0n) is 7.03. The number of methoxy groups -OCH3 is 1. The smallest absolute Gasteiger partial charge is 0.212 e. The summed E-state index contributed by atoms with van der Waals surface area (Å²) >= 11 is 0. The van der Waals surface area contributed by atoms with Gasteiger partial charge in [0.05, 0.1) is 0 Å². The normalized spacial score (nSPS) is 9.67. The highest BCUT2D eigenvalue weighted by atomic mass is 16.5. The Bertz CT molecular complexity index is 274. The third-order valence-electron chi connectivity index (χ3n) is 1.56. The largest absolute Gasteiger partial charge is 0.385 e. The lowest BCUT2D eigenvalue weighted by Crippen LogP contribution is -2.02. The third kappa shape index (κ3) is 2.07. The van der Waals surface area contributed by atoms with E-state index in [1.54, 1.807) is 19.5 Å². The molecule has 64 valence electrons. The molecule has 0 fully saturated rings. The van der Waals surface area contributed by atoms with Gasteiger partial charge in [-0.3, -0.25) is 0 Å². The molecule has 0 aliphatic carbocycles. The van der Waals surface area contributed by atoms with Crippen molar-refractivity contribution in [3.63, 3.8) is 0 Å². The molecule has 4 nitrogen and oxygen atoms in total. The van der Waals surface area contributed by atoms with Crippen molar-refractivity contribution in [3.8, 4) is 6.07 Å². The first-order chi connectivity index (χ1) is 5.88. The van der Waals surface area contributed by atoms with Crippen LogP contribution in [0.2, 0.25) is 0 Å². The molecule has 1 aromatic heterocycles. The number of ether oxygens (including phenoxy) is 1. The van der Waals surface area contributed by atoms with Gasteiger partial charge in [0.2, 0.25) is 5.82 Å². The molecule has 0 spiro atoms. The van der Waals surface area contributed by atoms with Crippen molar-refractivity contribution in [2.75, 3.05) is 13.7 Å². The molecule has 0 aliphatic rings. The second-order valence-electron chi connectivity index (χ2n) is 2.40. The summed E-state index contributed by atoms with van der Waals surface area (Å²) in [6, 6.07) is 2.01. The Morgan fingerprint density at radius 1 is 1.75 bits per heavy atom. The number of aryl methyl sites for hydroxylation is 1. The zero-order valence-corrected chi connectivity index (χ0v) is 7.03. The van der Waals surface area contributed by atoms with E-state index < -0.39 is 0 Å². The second kappa shape index (κ2) is 4.52. The van der Waals surface area contributed by atoms with E-state index in [9.17, 15) is 0 Å². The summed E-state index contributed by atoms with van der Waals surface area (Å²) in [5, 5.41) is 8.60. The van der Waals surface area contributed by atoms with Crippen LogP contribution in [0, 0.1) is 11.3 Å². The molecule has 0 aromatic carbocycles. The number of nitriles is 1. The van der Waals surface area contributed by atoms with E-state index in [0.717, 1.165) is 13.0 Å². The summed E-state index contributed by atoms with van der Waals surface area (Å²) in [6.07, 6.45) is 4.33. The van der Waals surface area contributed by atoms with Crippen molar-refractivity contribution in [1.29, 1.82) is 5.26 Å². The van der Waals surface area contributed by atoms with Gasteiger partial charge >= 0.3 is 0 Å². The van der Waals surface area contributed by atoms with Crippen LogP contribution in [-0.4, -0.2) is 23.3 Å². The van der Waals surface area contributed by atoms with Crippen molar-refractivity contribution in [3.05, 3.63) is 18.2 Å². The molecule has 0 saturated carbocycles. The zero-order chi connectivity index (χ0) is 8.81. The van der Waals surface area contributed by atoms with Gasteiger partial charge in [0, 0.05) is 32.7 Å². The Kier molecular flexibility index (Phi) is 3.30. The lowest BCUT2D eigenvalue weighted by atomic mass is 10.4. The maximum atomic E-state index is 8.60. The molecule has 1 aromatic rings. The number of rotatable bonds is 4. The minimum absolute atomic E-state index is 0.464. The Morgan fingerprint density at radius 2 is 2.58 bits per heavy atom. The molecule has 0 amide bonds. The van der Waals surface area contributed by atoms with E-state index in [2.05, 4.69) is 4.98 Å². The highest BCUT2D eigenvalue weighted by Crippen LogP contribution is 1.97. The molecule has 4 heteroatoms. The van der Waals surface area contributed by atoms with Crippen molar-refractivity contribution in [2.24, 2.45) is 0 Å². The van der Waals surface area contributed by atoms with Gasteiger partial charge in [-0.25, -0.2) is 4.98 Å².